The van der Waals surface area contributed by atoms with Crippen molar-refractivity contribution < 1.29 is 14.3 Å². The van der Waals surface area contributed by atoms with Gasteiger partial charge in [0.1, 0.15) is 12.4 Å². The fourth-order valence-corrected chi connectivity index (χ4v) is 3.77. The fourth-order valence-electron chi connectivity index (χ4n) is 3.77. The number of rotatable bonds is 8. The largest absolute Gasteiger partial charge is 0.489 e. The molecule has 1 saturated heterocycles. The summed E-state index contributed by atoms with van der Waals surface area (Å²) >= 11 is 0. The topological polar surface area (TPSA) is 61.9 Å². The van der Waals surface area contributed by atoms with Crippen LogP contribution in [-0.2, 0) is 16.2 Å². The molecule has 1 heterocycles. The number of hydrogen-bond acceptors (Lipinski definition) is 4. The van der Waals surface area contributed by atoms with Crippen molar-refractivity contribution in [3.63, 3.8) is 0 Å². The summed E-state index contributed by atoms with van der Waals surface area (Å²) in [6.07, 6.45) is 5.63. The summed E-state index contributed by atoms with van der Waals surface area (Å²) in [5, 5.41) is 3.06. The first-order valence-electron chi connectivity index (χ1n) is 11.4. The summed E-state index contributed by atoms with van der Waals surface area (Å²) in [7, 11) is 0. The third-order valence-corrected chi connectivity index (χ3v) is 6.00. The lowest BCUT2D eigenvalue weighted by Gasteiger charge is -2.37. The maximum atomic E-state index is 12.6. The third-order valence-electron chi connectivity index (χ3n) is 6.00. The number of amides is 2. The number of nitrogens with one attached hydrogen (secondary N) is 1. The van der Waals surface area contributed by atoms with Crippen LogP contribution in [-0.4, -0.2) is 59.9 Å². The van der Waals surface area contributed by atoms with Gasteiger partial charge >= 0.3 is 0 Å². The standard InChI is InChI=1S/C26H31N3O3/c1-20(26(31)27-23-11-12-23)28-14-16-29(17-15-28)25(30)13-10-21-8-5-9-24(18-21)32-19-22-6-3-2-4-7-22/h2-10,13,18,20,23H,11-12,14-17,19H2,1H3,(H,27,31)/b13-10+. The Balaban J connectivity index is 1.25. The molecule has 6 heteroatoms. The third kappa shape index (κ3) is 6.20. The van der Waals surface area contributed by atoms with Gasteiger partial charge in [0.15, 0.2) is 0 Å². The number of carbonyl (C=O) groups is 2. The minimum Gasteiger partial charge on any atom is -0.489 e. The molecule has 1 atom stereocenters. The zero-order valence-electron chi connectivity index (χ0n) is 18.6. The zero-order chi connectivity index (χ0) is 22.3. The highest BCUT2D eigenvalue weighted by Crippen LogP contribution is 2.19. The van der Waals surface area contributed by atoms with Crippen LogP contribution in [0.25, 0.3) is 6.08 Å². The van der Waals surface area contributed by atoms with Crippen LogP contribution in [0.1, 0.15) is 30.9 Å². The second-order valence-corrected chi connectivity index (χ2v) is 8.50. The molecule has 2 aliphatic rings. The van der Waals surface area contributed by atoms with Gasteiger partial charge in [-0.3, -0.25) is 14.5 Å². The monoisotopic (exact) mass is 433 g/mol. The molecular formula is C26H31N3O3. The van der Waals surface area contributed by atoms with Crippen molar-refractivity contribution in [1.82, 2.24) is 15.1 Å². The summed E-state index contributed by atoms with van der Waals surface area (Å²) < 4.78 is 5.87. The van der Waals surface area contributed by atoms with Gasteiger partial charge in [-0.05, 0) is 49.1 Å². The second-order valence-electron chi connectivity index (χ2n) is 8.50. The number of carbonyl (C=O) groups excluding carboxylic acids is 2. The molecule has 0 aromatic heterocycles. The number of benzene rings is 2. The van der Waals surface area contributed by atoms with Crippen LogP contribution in [0.15, 0.2) is 60.7 Å². The average Bonchev–Trinajstić information content (AvgIpc) is 3.66. The number of nitrogens with zero attached hydrogens (tertiary/aromatic N) is 2. The highest BCUT2D eigenvalue weighted by atomic mass is 16.5. The quantitative estimate of drug-likeness (QED) is 0.650. The molecule has 0 bridgehead atoms. The number of hydrogen-bond donors (Lipinski definition) is 1. The van der Waals surface area contributed by atoms with Gasteiger partial charge in [-0.15, -0.1) is 0 Å². The highest BCUT2D eigenvalue weighted by Gasteiger charge is 2.30. The lowest BCUT2D eigenvalue weighted by Crippen LogP contribution is -2.55. The number of ether oxygens (including phenoxy) is 1. The van der Waals surface area contributed by atoms with Gasteiger partial charge < -0.3 is 15.0 Å². The lowest BCUT2D eigenvalue weighted by molar-refractivity contribution is -0.130. The Labute approximate surface area is 189 Å². The first kappa shape index (κ1) is 22.1. The van der Waals surface area contributed by atoms with E-state index in [1.165, 1.54) is 0 Å². The van der Waals surface area contributed by atoms with Gasteiger partial charge in [-0.1, -0.05) is 42.5 Å². The molecule has 1 saturated carbocycles. The SMILES string of the molecule is CC(C(=O)NC1CC1)N1CCN(C(=O)/C=C/c2cccc(OCc3ccccc3)c2)CC1. The van der Waals surface area contributed by atoms with Crippen LogP contribution < -0.4 is 10.1 Å². The van der Waals surface area contributed by atoms with E-state index in [1.54, 1.807) is 6.08 Å². The Bertz CT molecular complexity index is 948. The van der Waals surface area contributed by atoms with E-state index in [0.29, 0.717) is 38.8 Å². The molecule has 1 aliphatic heterocycles. The molecule has 0 radical (unpaired) electrons. The van der Waals surface area contributed by atoms with Crippen LogP contribution in [0.2, 0.25) is 0 Å². The van der Waals surface area contributed by atoms with E-state index in [9.17, 15) is 9.59 Å². The van der Waals surface area contributed by atoms with Gasteiger partial charge in [-0.2, -0.15) is 0 Å². The molecular weight excluding hydrogens is 402 g/mol. The molecule has 2 aromatic rings. The summed E-state index contributed by atoms with van der Waals surface area (Å²) in [6, 6.07) is 18.0. The van der Waals surface area contributed by atoms with E-state index in [2.05, 4.69) is 10.2 Å². The van der Waals surface area contributed by atoms with Gasteiger partial charge in [0, 0.05) is 38.3 Å². The van der Waals surface area contributed by atoms with Crippen LogP contribution in [0.4, 0.5) is 0 Å². The molecule has 2 amide bonds. The Morgan fingerprint density at radius 2 is 1.81 bits per heavy atom. The minimum absolute atomic E-state index is 0.00431. The second kappa shape index (κ2) is 10.5. The maximum absolute atomic E-state index is 12.6. The van der Waals surface area contributed by atoms with Crippen molar-refractivity contribution in [3.05, 3.63) is 71.8 Å². The first-order valence-corrected chi connectivity index (χ1v) is 11.4. The molecule has 1 N–H and O–H groups in total. The molecule has 1 aliphatic carbocycles. The highest BCUT2D eigenvalue weighted by molar-refractivity contribution is 5.92. The normalized spacial score (nSPS) is 17.8. The molecule has 6 nitrogen and oxygen atoms in total. The van der Waals surface area contributed by atoms with Crippen molar-refractivity contribution >= 4 is 17.9 Å². The molecule has 0 spiro atoms. The summed E-state index contributed by atoms with van der Waals surface area (Å²) in [5.41, 5.74) is 2.04. The predicted molar refractivity (Wildman–Crippen MR) is 125 cm³/mol. The first-order chi connectivity index (χ1) is 15.6. The van der Waals surface area contributed by atoms with Crippen molar-refractivity contribution in [2.24, 2.45) is 0 Å². The Hall–Kier alpha value is -3.12. The fraction of sp³-hybridized carbons (Fsp3) is 0.385. The Morgan fingerprint density at radius 3 is 2.53 bits per heavy atom. The van der Waals surface area contributed by atoms with E-state index >= 15 is 0 Å². The minimum atomic E-state index is -0.151. The van der Waals surface area contributed by atoms with E-state index in [1.807, 2.05) is 72.5 Å². The van der Waals surface area contributed by atoms with Crippen LogP contribution in [0.3, 0.4) is 0 Å². The zero-order valence-corrected chi connectivity index (χ0v) is 18.6. The molecule has 1 unspecified atom stereocenters. The maximum Gasteiger partial charge on any atom is 0.246 e. The average molecular weight is 434 g/mol. The van der Waals surface area contributed by atoms with Crippen LogP contribution in [0.5, 0.6) is 5.75 Å². The van der Waals surface area contributed by atoms with Crippen LogP contribution >= 0.6 is 0 Å². The summed E-state index contributed by atoms with van der Waals surface area (Å²) in [4.78, 5) is 28.9. The molecule has 2 fully saturated rings. The predicted octanol–water partition coefficient (Wildman–Crippen LogP) is 3.09. The summed E-state index contributed by atoms with van der Waals surface area (Å²) in [6.45, 7) is 5.13. The molecule has 168 valence electrons. The lowest BCUT2D eigenvalue weighted by atomic mass is 10.2. The Kier molecular flexibility index (Phi) is 7.22. The smallest absolute Gasteiger partial charge is 0.246 e. The number of piperazine rings is 1. The summed E-state index contributed by atoms with van der Waals surface area (Å²) in [5.74, 6) is 0.868. The molecule has 32 heavy (non-hydrogen) atoms. The molecule has 4 rings (SSSR count). The van der Waals surface area contributed by atoms with Gasteiger partial charge in [-0.25, -0.2) is 0 Å². The molecule has 2 aromatic carbocycles. The van der Waals surface area contributed by atoms with Gasteiger partial charge in [0.2, 0.25) is 11.8 Å². The van der Waals surface area contributed by atoms with Crippen molar-refractivity contribution in [3.8, 4) is 5.75 Å². The van der Waals surface area contributed by atoms with E-state index < -0.39 is 0 Å². The van der Waals surface area contributed by atoms with E-state index in [-0.39, 0.29) is 17.9 Å². The van der Waals surface area contributed by atoms with Crippen molar-refractivity contribution in [2.45, 2.75) is 38.5 Å². The van der Waals surface area contributed by atoms with Crippen molar-refractivity contribution in [1.29, 1.82) is 0 Å². The van der Waals surface area contributed by atoms with E-state index in [0.717, 1.165) is 29.7 Å². The van der Waals surface area contributed by atoms with Gasteiger partial charge in [0.25, 0.3) is 0 Å². The van der Waals surface area contributed by atoms with Crippen molar-refractivity contribution in [2.75, 3.05) is 26.2 Å². The van der Waals surface area contributed by atoms with E-state index in [4.69, 9.17) is 4.74 Å². The van der Waals surface area contributed by atoms with Crippen LogP contribution in [0, 0.1) is 0 Å². The van der Waals surface area contributed by atoms with Gasteiger partial charge in [0.05, 0.1) is 6.04 Å². The Morgan fingerprint density at radius 1 is 1.06 bits per heavy atom.